The predicted octanol–water partition coefficient (Wildman–Crippen LogP) is 5.39. The third-order valence-corrected chi connectivity index (χ3v) is 5.11. The Hall–Kier alpha value is -3.18. The number of para-hydroxylation sites is 1. The average Bonchev–Trinajstić information content (AvgIpc) is 2.73. The summed E-state index contributed by atoms with van der Waals surface area (Å²) in [6, 6.07) is 24.8. The van der Waals surface area contributed by atoms with Gasteiger partial charge in [0, 0.05) is 28.9 Å². The highest BCUT2D eigenvalue weighted by Crippen LogP contribution is 2.47. The minimum Gasteiger partial charge on any atom is -0.356 e. The lowest BCUT2D eigenvalue weighted by Gasteiger charge is -2.43. The van der Waals surface area contributed by atoms with E-state index in [-0.39, 0.29) is 5.69 Å². The van der Waals surface area contributed by atoms with Crippen molar-refractivity contribution in [3.8, 4) is 0 Å². The van der Waals surface area contributed by atoms with Gasteiger partial charge in [-0.15, -0.1) is 0 Å². The topological polar surface area (TPSA) is 64.4 Å². The van der Waals surface area contributed by atoms with E-state index in [1.807, 2.05) is 36.4 Å². The molecular formula is C22H20N2O3. The number of benzene rings is 3. The van der Waals surface area contributed by atoms with E-state index in [0.717, 1.165) is 28.8 Å². The molecule has 1 aliphatic heterocycles. The Bertz CT molecular complexity index is 957. The molecule has 1 heterocycles. The second kappa shape index (κ2) is 6.85. The zero-order valence-electron chi connectivity index (χ0n) is 15.0. The molecule has 1 N–H and O–H groups in total. The molecule has 0 saturated carbocycles. The number of nitrogens with one attached hydrogen (secondary N) is 1. The summed E-state index contributed by atoms with van der Waals surface area (Å²) < 4.78 is 6.64. The first-order valence-corrected chi connectivity index (χ1v) is 8.98. The van der Waals surface area contributed by atoms with Crippen molar-refractivity contribution in [1.82, 2.24) is 0 Å². The molecule has 0 aromatic heterocycles. The van der Waals surface area contributed by atoms with E-state index >= 15 is 0 Å². The Kier molecular flexibility index (Phi) is 4.38. The third kappa shape index (κ3) is 2.96. The molecular weight excluding hydrogens is 340 g/mol. The van der Waals surface area contributed by atoms with Crippen molar-refractivity contribution >= 4 is 11.4 Å². The molecule has 1 aliphatic rings. The van der Waals surface area contributed by atoms with Crippen LogP contribution in [0.15, 0.2) is 78.9 Å². The van der Waals surface area contributed by atoms with Gasteiger partial charge in [0.2, 0.25) is 0 Å². The molecule has 0 saturated heterocycles. The summed E-state index contributed by atoms with van der Waals surface area (Å²) in [6.07, 6.45) is 0.361. The Balaban J connectivity index is 1.81. The van der Waals surface area contributed by atoms with Crippen LogP contribution in [0.3, 0.4) is 0 Å². The molecule has 5 nitrogen and oxygen atoms in total. The normalized spacial score (nSPS) is 21.1. The van der Waals surface area contributed by atoms with Gasteiger partial charge in [0.05, 0.1) is 4.92 Å². The van der Waals surface area contributed by atoms with E-state index in [1.54, 1.807) is 12.1 Å². The molecule has 27 heavy (non-hydrogen) atoms. The number of nitro groups is 1. The molecule has 0 aliphatic carbocycles. The molecule has 0 bridgehead atoms. The second-order valence-electron chi connectivity index (χ2n) is 6.58. The van der Waals surface area contributed by atoms with Crippen LogP contribution >= 0.6 is 0 Å². The summed E-state index contributed by atoms with van der Waals surface area (Å²) in [6.45, 7) is 2.11. The zero-order chi connectivity index (χ0) is 18.9. The molecule has 0 spiro atoms. The molecule has 3 aromatic rings. The number of nitrogens with zero attached hydrogens (tertiary/aromatic N) is 1. The van der Waals surface area contributed by atoms with Gasteiger partial charge in [-0.05, 0) is 30.2 Å². The van der Waals surface area contributed by atoms with Gasteiger partial charge in [0.1, 0.15) is 5.60 Å². The first-order chi connectivity index (χ1) is 13.1. The average molecular weight is 360 g/mol. The summed E-state index contributed by atoms with van der Waals surface area (Å²) in [7, 11) is 0. The molecule has 136 valence electrons. The van der Waals surface area contributed by atoms with Crippen molar-refractivity contribution in [3.05, 3.63) is 106 Å². The summed E-state index contributed by atoms with van der Waals surface area (Å²) >= 11 is 0. The van der Waals surface area contributed by atoms with Crippen LogP contribution in [0.1, 0.15) is 36.3 Å². The fourth-order valence-electron chi connectivity index (χ4n) is 3.73. The Morgan fingerprint density at radius 2 is 1.67 bits per heavy atom. The number of nitro benzene ring substituents is 1. The summed E-state index contributed by atoms with van der Waals surface area (Å²) in [5, 5.41) is 14.4. The molecule has 4 rings (SSSR count). The largest absolute Gasteiger partial charge is 0.356 e. The molecule has 0 fully saturated rings. The fourth-order valence-corrected chi connectivity index (χ4v) is 3.73. The Morgan fingerprint density at radius 1 is 1.00 bits per heavy atom. The smallest absolute Gasteiger partial charge is 0.269 e. The third-order valence-electron chi connectivity index (χ3n) is 5.11. The molecule has 2 unspecified atom stereocenters. The lowest BCUT2D eigenvalue weighted by Crippen LogP contribution is -2.39. The predicted molar refractivity (Wildman–Crippen MR) is 105 cm³/mol. The van der Waals surface area contributed by atoms with Crippen LogP contribution in [0, 0.1) is 10.1 Å². The number of non-ortho nitro benzene ring substituents is 1. The lowest BCUT2D eigenvalue weighted by atomic mass is 9.81. The lowest BCUT2D eigenvalue weighted by molar-refractivity contribution is -0.384. The van der Waals surface area contributed by atoms with E-state index in [1.165, 1.54) is 12.1 Å². The number of hydrogen-bond donors (Lipinski definition) is 1. The summed E-state index contributed by atoms with van der Waals surface area (Å²) in [5.41, 5.74) is 3.53. The van der Waals surface area contributed by atoms with Gasteiger partial charge >= 0.3 is 0 Å². The monoisotopic (exact) mass is 360 g/mol. The first kappa shape index (κ1) is 17.2. The van der Waals surface area contributed by atoms with E-state index in [2.05, 4.69) is 30.4 Å². The standard InChI is InChI=1S/C22H20N2O3/c1-2-22(17-8-4-3-5-9-17)19-10-6-7-11-20(19)23-21(27-22)16-12-14-18(15-13-16)24(25)26/h3-15,21,23H,2H2,1H3. The van der Waals surface area contributed by atoms with E-state index in [9.17, 15) is 10.1 Å². The fraction of sp³-hybridized carbons (Fsp3) is 0.182. The van der Waals surface area contributed by atoms with Crippen LogP contribution in [0.25, 0.3) is 0 Å². The van der Waals surface area contributed by atoms with Crippen molar-refractivity contribution in [2.24, 2.45) is 0 Å². The number of rotatable bonds is 4. The van der Waals surface area contributed by atoms with Crippen LogP contribution in [-0.4, -0.2) is 4.92 Å². The van der Waals surface area contributed by atoms with Crippen LogP contribution in [-0.2, 0) is 10.3 Å². The SMILES string of the molecule is CCC1(c2ccccc2)OC(c2ccc([N+](=O)[O-])cc2)Nc2ccccc21. The highest BCUT2D eigenvalue weighted by molar-refractivity contribution is 5.60. The van der Waals surface area contributed by atoms with Crippen LogP contribution in [0.4, 0.5) is 11.4 Å². The molecule has 0 radical (unpaired) electrons. The van der Waals surface area contributed by atoms with Gasteiger partial charge in [-0.25, -0.2) is 0 Å². The van der Waals surface area contributed by atoms with E-state index in [0.29, 0.717) is 0 Å². The maximum absolute atomic E-state index is 10.9. The Labute approximate surface area is 157 Å². The van der Waals surface area contributed by atoms with Crippen molar-refractivity contribution in [3.63, 3.8) is 0 Å². The van der Waals surface area contributed by atoms with Crippen molar-refractivity contribution in [2.75, 3.05) is 5.32 Å². The van der Waals surface area contributed by atoms with Gasteiger partial charge in [-0.1, -0.05) is 55.5 Å². The summed E-state index contributed by atoms with van der Waals surface area (Å²) in [4.78, 5) is 10.6. The van der Waals surface area contributed by atoms with Gasteiger partial charge in [-0.3, -0.25) is 10.1 Å². The summed E-state index contributed by atoms with van der Waals surface area (Å²) in [5.74, 6) is 0. The highest BCUT2D eigenvalue weighted by Gasteiger charge is 2.41. The van der Waals surface area contributed by atoms with Crippen molar-refractivity contribution in [2.45, 2.75) is 25.2 Å². The van der Waals surface area contributed by atoms with Gasteiger partial charge in [0.15, 0.2) is 6.23 Å². The number of fused-ring (bicyclic) bond motifs is 1. The molecule has 2 atom stereocenters. The molecule has 3 aromatic carbocycles. The number of ether oxygens (including phenoxy) is 1. The zero-order valence-corrected chi connectivity index (χ0v) is 15.0. The van der Waals surface area contributed by atoms with E-state index < -0.39 is 16.8 Å². The van der Waals surface area contributed by atoms with Crippen LogP contribution in [0.2, 0.25) is 0 Å². The van der Waals surface area contributed by atoms with Crippen molar-refractivity contribution in [1.29, 1.82) is 0 Å². The van der Waals surface area contributed by atoms with E-state index in [4.69, 9.17) is 4.74 Å². The van der Waals surface area contributed by atoms with Gasteiger partial charge < -0.3 is 10.1 Å². The minimum atomic E-state index is -0.588. The minimum absolute atomic E-state index is 0.0692. The quantitative estimate of drug-likeness (QED) is 0.500. The van der Waals surface area contributed by atoms with Crippen LogP contribution < -0.4 is 5.32 Å². The number of anilines is 1. The second-order valence-corrected chi connectivity index (χ2v) is 6.58. The van der Waals surface area contributed by atoms with Gasteiger partial charge in [-0.2, -0.15) is 0 Å². The van der Waals surface area contributed by atoms with Crippen LogP contribution in [0.5, 0.6) is 0 Å². The van der Waals surface area contributed by atoms with Gasteiger partial charge in [0.25, 0.3) is 5.69 Å². The Morgan fingerprint density at radius 3 is 2.33 bits per heavy atom. The van der Waals surface area contributed by atoms with Crippen molar-refractivity contribution < 1.29 is 9.66 Å². The molecule has 5 heteroatoms. The number of hydrogen-bond acceptors (Lipinski definition) is 4. The maximum Gasteiger partial charge on any atom is 0.269 e. The maximum atomic E-state index is 10.9. The first-order valence-electron chi connectivity index (χ1n) is 8.98. The highest BCUT2D eigenvalue weighted by atomic mass is 16.6. The molecule has 0 amide bonds.